The van der Waals surface area contributed by atoms with Crippen molar-refractivity contribution in [1.29, 1.82) is 0 Å². The number of carbonyl (C=O) groups is 1. The summed E-state index contributed by atoms with van der Waals surface area (Å²) < 4.78 is 22.0. The highest BCUT2D eigenvalue weighted by Crippen LogP contribution is 2.35. The number of rotatable bonds is 6. The van der Waals surface area contributed by atoms with E-state index in [1.807, 2.05) is 10.6 Å². The van der Waals surface area contributed by atoms with Gasteiger partial charge in [-0.25, -0.2) is 9.37 Å². The summed E-state index contributed by atoms with van der Waals surface area (Å²) >= 11 is 6.30. The normalized spacial score (nSPS) is 15.3. The SMILES string of the molecule is COCc1cnc2n1-c1ccc(Cl)cc1C(c1ccccc1F)=N[C@H]2CCC=O. The molecule has 0 radical (unpaired) electrons. The number of benzene rings is 2. The van der Waals surface area contributed by atoms with Crippen molar-refractivity contribution in [2.75, 3.05) is 7.11 Å². The third kappa shape index (κ3) is 3.61. The molecule has 2 heterocycles. The zero-order valence-electron chi connectivity index (χ0n) is 15.8. The number of methoxy groups -OCH3 is 1. The van der Waals surface area contributed by atoms with Crippen molar-refractivity contribution >= 4 is 23.6 Å². The van der Waals surface area contributed by atoms with Crippen LogP contribution in [0, 0.1) is 5.82 Å². The molecule has 1 aliphatic rings. The monoisotopic (exact) mass is 411 g/mol. The van der Waals surface area contributed by atoms with Gasteiger partial charge in [-0.3, -0.25) is 9.56 Å². The molecular weight excluding hydrogens is 393 g/mol. The van der Waals surface area contributed by atoms with Gasteiger partial charge in [-0.05, 0) is 36.8 Å². The van der Waals surface area contributed by atoms with Crippen LogP contribution >= 0.6 is 11.6 Å². The number of aldehydes is 1. The van der Waals surface area contributed by atoms with Crippen LogP contribution in [-0.4, -0.2) is 28.7 Å². The topological polar surface area (TPSA) is 56.5 Å². The third-order valence-electron chi connectivity index (χ3n) is 4.88. The summed E-state index contributed by atoms with van der Waals surface area (Å²) in [5.74, 6) is 0.316. The quantitative estimate of drug-likeness (QED) is 0.553. The maximum atomic E-state index is 14.7. The lowest BCUT2D eigenvalue weighted by Gasteiger charge is -2.15. The fourth-order valence-corrected chi connectivity index (χ4v) is 3.80. The Balaban J connectivity index is 2.01. The smallest absolute Gasteiger partial charge is 0.138 e. The number of halogens is 2. The molecule has 0 unspecified atom stereocenters. The van der Waals surface area contributed by atoms with Crippen molar-refractivity contribution in [3.8, 4) is 5.69 Å². The van der Waals surface area contributed by atoms with Gasteiger partial charge in [0.25, 0.3) is 0 Å². The highest BCUT2D eigenvalue weighted by atomic mass is 35.5. The zero-order chi connectivity index (χ0) is 20.4. The van der Waals surface area contributed by atoms with E-state index in [0.29, 0.717) is 47.1 Å². The Labute approximate surface area is 172 Å². The predicted molar refractivity (Wildman–Crippen MR) is 109 cm³/mol. The van der Waals surface area contributed by atoms with Crippen molar-refractivity contribution in [1.82, 2.24) is 9.55 Å². The Kier molecular flexibility index (Phi) is 5.56. The van der Waals surface area contributed by atoms with Crippen molar-refractivity contribution < 1.29 is 13.9 Å². The van der Waals surface area contributed by atoms with Gasteiger partial charge in [0.1, 0.15) is 24.0 Å². The van der Waals surface area contributed by atoms with Gasteiger partial charge in [-0.1, -0.05) is 23.7 Å². The molecule has 29 heavy (non-hydrogen) atoms. The number of aliphatic imine (C=N–C) groups is 1. The maximum Gasteiger partial charge on any atom is 0.138 e. The molecule has 1 aromatic heterocycles. The minimum Gasteiger partial charge on any atom is -0.378 e. The predicted octanol–water partition coefficient (Wildman–Crippen LogP) is 4.68. The first-order chi connectivity index (χ1) is 14.1. The summed E-state index contributed by atoms with van der Waals surface area (Å²) in [5.41, 5.74) is 3.21. The average molecular weight is 412 g/mol. The van der Waals surface area contributed by atoms with E-state index in [0.717, 1.165) is 17.7 Å². The second-order valence-electron chi connectivity index (χ2n) is 6.75. The fraction of sp³-hybridized carbons (Fsp3) is 0.227. The Morgan fingerprint density at radius 3 is 2.83 bits per heavy atom. The molecule has 0 spiro atoms. The minimum absolute atomic E-state index is 0.322. The second kappa shape index (κ2) is 8.27. The minimum atomic E-state index is -0.411. The molecule has 4 rings (SSSR count). The van der Waals surface area contributed by atoms with Crippen molar-refractivity contribution in [2.45, 2.75) is 25.5 Å². The van der Waals surface area contributed by atoms with Gasteiger partial charge < -0.3 is 9.53 Å². The Hall–Kier alpha value is -2.83. The van der Waals surface area contributed by atoms with Crippen LogP contribution in [-0.2, 0) is 16.1 Å². The van der Waals surface area contributed by atoms with Crippen LogP contribution in [0.1, 0.15) is 41.5 Å². The summed E-state index contributed by atoms with van der Waals surface area (Å²) in [6.07, 6.45) is 3.39. The first-order valence-corrected chi connectivity index (χ1v) is 9.64. The van der Waals surface area contributed by atoms with Crippen molar-refractivity contribution in [3.05, 3.63) is 82.1 Å². The lowest BCUT2D eigenvalue weighted by Crippen LogP contribution is -2.10. The van der Waals surface area contributed by atoms with Crippen LogP contribution in [0.25, 0.3) is 5.69 Å². The first-order valence-electron chi connectivity index (χ1n) is 9.26. The van der Waals surface area contributed by atoms with E-state index < -0.39 is 6.04 Å². The number of aromatic nitrogens is 2. The van der Waals surface area contributed by atoms with Gasteiger partial charge in [0, 0.05) is 29.7 Å². The summed E-state index contributed by atoms with van der Waals surface area (Å²) in [6.45, 7) is 0.352. The van der Waals surface area contributed by atoms with Crippen LogP contribution in [0.15, 0.2) is 53.7 Å². The molecule has 0 amide bonds. The second-order valence-corrected chi connectivity index (χ2v) is 7.19. The molecule has 2 aromatic carbocycles. The number of hydrogen-bond donors (Lipinski definition) is 0. The molecule has 0 saturated heterocycles. The number of hydrogen-bond acceptors (Lipinski definition) is 4. The fourth-order valence-electron chi connectivity index (χ4n) is 3.63. The van der Waals surface area contributed by atoms with Crippen LogP contribution in [0.5, 0.6) is 0 Å². The Morgan fingerprint density at radius 1 is 1.24 bits per heavy atom. The highest BCUT2D eigenvalue weighted by Gasteiger charge is 2.28. The van der Waals surface area contributed by atoms with Crippen LogP contribution < -0.4 is 0 Å². The van der Waals surface area contributed by atoms with Gasteiger partial charge in [-0.2, -0.15) is 0 Å². The summed E-state index contributed by atoms with van der Waals surface area (Å²) in [5, 5.41) is 0.522. The van der Waals surface area contributed by atoms with Crippen LogP contribution in [0.2, 0.25) is 5.02 Å². The molecule has 7 heteroatoms. The molecular formula is C22H19ClFN3O2. The number of carbonyl (C=O) groups excluding carboxylic acids is 1. The number of imidazole rings is 1. The summed E-state index contributed by atoms with van der Waals surface area (Å²) in [6, 6.07) is 11.5. The van der Waals surface area contributed by atoms with Crippen LogP contribution in [0.3, 0.4) is 0 Å². The first kappa shape index (κ1) is 19.5. The molecule has 0 aliphatic carbocycles. The number of nitrogens with zero attached hydrogens (tertiary/aromatic N) is 3. The van der Waals surface area contributed by atoms with Gasteiger partial charge in [-0.15, -0.1) is 0 Å². The number of ether oxygens (including phenoxy) is 1. The van der Waals surface area contributed by atoms with Gasteiger partial charge >= 0.3 is 0 Å². The van der Waals surface area contributed by atoms with E-state index in [4.69, 9.17) is 21.3 Å². The van der Waals surface area contributed by atoms with E-state index in [-0.39, 0.29) is 5.82 Å². The highest BCUT2D eigenvalue weighted by molar-refractivity contribution is 6.31. The molecule has 0 N–H and O–H groups in total. The van der Waals surface area contributed by atoms with Gasteiger partial charge in [0.2, 0.25) is 0 Å². The third-order valence-corrected chi connectivity index (χ3v) is 5.11. The van der Waals surface area contributed by atoms with Crippen molar-refractivity contribution in [3.63, 3.8) is 0 Å². The standard InChI is InChI=1S/C22H19ClFN3O2/c1-29-13-15-12-25-22-19(7-4-10-28)26-21(16-5-2-3-6-18(16)24)17-11-14(23)8-9-20(17)27(15)22/h2-3,5-6,8-12,19H,4,7,13H2,1H3/t19-/m0/s1. The average Bonchev–Trinajstić information content (AvgIpc) is 3.07. The van der Waals surface area contributed by atoms with E-state index in [9.17, 15) is 9.18 Å². The van der Waals surface area contributed by atoms with E-state index in [1.54, 1.807) is 43.6 Å². The molecule has 0 saturated carbocycles. The van der Waals surface area contributed by atoms with Crippen LogP contribution in [0.4, 0.5) is 4.39 Å². The largest absolute Gasteiger partial charge is 0.378 e. The molecule has 5 nitrogen and oxygen atoms in total. The van der Waals surface area contributed by atoms with Gasteiger partial charge in [0.15, 0.2) is 0 Å². The number of fused-ring (bicyclic) bond motifs is 3. The van der Waals surface area contributed by atoms with Gasteiger partial charge in [0.05, 0.1) is 29.9 Å². The summed E-state index contributed by atoms with van der Waals surface area (Å²) in [7, 11) is 1.62. The van der Waals surface area contributed by atoms with E-state index in [1.165, 1.54) is 6.07 Å². The maximum absolute atomic E-state index is 14.7. The molecule has 1 aliphatic heterocycles. The van der Waals surface area contributed by atoms with Crippen molar-refractivity contribution in [2.24, 2.45) is 4.99 Å². The lowest BCUT2D eigenvalue weighted by molar-refractivity contribution is -0.108. The molecule has 148 valence electrons. The molecule has 0 bridgehead atoms. The molecule has 0 fully saturated rings. The molecule has 3 aromatic rings. The lowest BCUT2D eigenvalue weighted by atomic mass is 9.99. The van der Waals surface area contributed by atoms with E-state index >= 15 is 0 Å². The molecule has 1 atom stereocenters. The zero-order valence-corrected chi connectivity index (χ0v) is 16.6. The Morgan fingerprint density at radius 2 is 2.07 bits per heavy atom. The Bertz CT molecular complexity index is 1090. The van der Waals surface area contributed by atoms with E-state index in [2.05, 4.69) is 4.98 Å². The summed E-state index contributed by atoms with van der Waals surface area (Å²) in [4.78, 5) is 20.5.